The summed E-state index contributed by atoms with van der Waals surface area (Å²) in [6.45, 7) is 31.3. The van der Waals surface area contributed by atoms with E-state index in [9.17, 15) is 0 Å². The van der Waals surface area contributed by atoms with E-state index in [-0.39, 0.29) is 23.0 Å². The molecule has 0 unspecified atom stereocenters. The summed E-state index contributed by atoms with van der Waals surface area (Å²) in [6, 6.07) is 58.0. The van der Waals surface area contributed by atoms with Gasteiger partial charge in [-0.2, -0.15) is 0 Å². The lowest BCUT2D eigenvalue weighted by molar-refractivity contribution is 0.519. The summed E-state index contributed by atoms with van der Waals surface area (Å²) < 4.78 is 7.18. The first kappa shape index (κ1) is 44.6. The number of allylic oxidation sites excluding steroid dienone is 3. The van der Waals surface area contributed by atoms with Crippen molar-refractivity contribution in [1.29, 1.82) is 0 Å². The molecule has 10 rings (SSSR count). The van der Waals surface area contributed by atoms with E-state index in [4.69, 9.17) is 11.0 Å². The minimum atomic E-state index is -0.186. The van der Waals surface area contributed by atoms with Crippen molar-refractivity contribution in [3.8, 4) is 11.1 Å². The van der Waals surface area contributed by atoms with Crippen LogP contribution < -0.4 is 31.3 Å². The zero-order valence-electron chi connectivity index (χ0n) is 41.4. The smallest absolute Gasteiger partial charge is 0.297 e. The number of hydrogen-bond acceptors (Lipinski definition) is 4. The van der Waals surface area contributed by atoms with Crippen molar-refractivity contribution in [1.82, 2.24) is 0 Å². The van der Waals surface area contributed by atoms with Gasteiger partial charge in [-0.15, -0.1) is 0 Å². The van der Waals surface area contributed by atoms with Gasteiger partial charge in [0.1, 0.15) is 5.58 Å². The first-order valence-corrected chi connectivity index (χ1v) is 24.0. The number of hydrogen-bond donors (Lipinski definition) is 0. The van der Waals surface area contributed by atoms with Gasteiger partial charge in [-0.3, -0.25) is 0 Å². The number of anilines is 8. The third-order valence-corrected chi connectivity index (χ3v) is 13.9. The highest BCUT2D eigenvalue weighted by molar-refractivity contribution is 7.00. The average Bonchev–Trinajstić information content (AvgIpc) is 3.69. The summed E-state index contributed by atoms with van der Waals surface area (Å²) in [7, 11) is 0. The average molecular weight is 888 g/mol. The van der Waals surface area contributed by atoms with E-state index in [1.807, 2.05) is 0 Å². The lowest BCUT2D eigenvalue weighted by Crippen LogP contribution is -2.61. The van der Waals surface area contributed by atoms with Crippen molar-refractivity contribution >= 4 is 79.8 Å². The van der Waals surface area contributed by atoms with Crippen molar-refractivity contribution in [3.63, 3.8) is 0 Å². The second-order valence-corrected chi connectivity index (χ2v) is 21.8. The van der Waals surface area contributed by atoms with Crippen LogP contribution in [-0.2, 0) is 10.8 Å². The van der Waals surface area contributed by atoms with Crippen molar-refractivity contribution in [2.45, 2.75) is 80.1 Å². The molecule has 0 fully saturated rings. The summed E-state index contributed by atoms with van der Waals surface area (Å²) >= 11 is 0. The molecule has 2 aliphatic rings. The van der Waals surface area contributed by atoms with Crippen molar-refractivity contribution in [2.75, 3.05) is 14.7 Å². The molecule has 0 radical (unpaired) electrons. The van der Waals surface area contributed by atoms with Crippen molar-refractivity contribution in [3.05, 3.63) is 211 Å². The van der Waals surface area contributed by atoms with Crippen LogP contribution in [0.1, 0.15) is 79.0 Å². The Bertz CT molecular complexity index is 3280. The topological polar surface area (TPSA) is 22.9 Å². The largest absolute Gasteiger partial charge is 0.468 e. The Morgan fingerprint density at radius 2 is 1.16 bits per heavy atom. The molecule has 0 N–H and O–H groups in total. The fourth-order valence-corrected chi connectivity index (χ4v) is 9.91. The van der Waals surface area contributed by atoms with E-state index >= 15 is 0 Å². The van der Waals surface area contributed by atoms with Gasteiger partial charge in [-0.25, -0.2) is 0 Å². The molecule has 4 nitrogen and oxygen atoms in total. The number of benzene rings is 7. The molecule has 0 saturated heterocycles. The molecule has 3 heterocycles. The number of fused-ring (bicyclic) bond motifs is 6. The maximum atomic E-state index is 7.18. The zero-order valence-corrected chi connectivity index (χ0v) is 41.4. The van der Waals surface area contributed by atoms with E-state index in [1.165, 1.54) is 38.7 Å². The molecular weight excluding hydrogens is 826 g/mol. The lowest BCUT2D eigenvalue weighted by atomic mass is 9.35. The van der Waals surface area contributed by atoms with Gasteiger partial charge in [-0.05, 0) is 146 Å². The highest BCUT2D eigenvalue weighted by atomic mass is 16.3. The van der Waals surface area contributed by atoms with Gasteiger partial charge < -0.3 is 19.1 Å². The molecule has 0 amide bonds. The summed E-state index contributed by atoms with van der Waals surface area (Å²) in [5.74, 6) is 0. The molecule has 5 heteroatoms. The Morgan fingerprint density at radius 3 is 1.82 bits per heavy atom. The number of nitrogens with zero attached hydrogens (tertiary/aromatic N) is 3. The predicted octanol–water partition coefficient (Wildman–Crippen LogP) is 15.9. The monoisotopic (exact) mass is 887 g/mol. The van der Waals surface area contributed by atoms with Crippen LogP contribution >= 0.6 is 0 Å². The van der Waals surface area contributed by atoms with Gasteiger partial charge >= 0.3 is 0 Å². The quantitative estimate of drug-likeness (QED) is 0.112. The molecule has 1 aromatic heterocycles. The Labute approximate surface area is 404 Å². The summed E-state index contributed by atoms with van der Waals surface area (Å²) in [6.07, 6.45) is 4.22. The second kappa shape index (κ2) is 16.5. The molecule has 0 bridgehead atoms. The third kappa shape index (κ3) is 7.88. The standard InChI is InChI=1S/C63H62BN3O/c1-41-37-55-58-56(38-41)67(50-22-18-19-45(39-50)44-27-29-46(30-28-44)62(7,8)9)59-52-23-16-17-24-57(52)68-60(59)64(58)53-36-35-51(40-54(53)66(55)48-20-14-13-15-21-48)65(43(3)26-25-42(2)61(4,5)6)49-33-31-47(32-34-49)63(10,11)12/h13-40H,2-3H2,1,4-12H3/b26-25-. The Hall–Kier alpha value is -7.24. The van der Waals surface area contributed by atoms with Crippen LogP contribution in [0, 0.1) is 12.3 Å². The Kier molecular flexibility index (Phi) is 10.8. The fourth-order valence-electron chi connectivity index (χ4n) is 9.91. The van der Waals surface area contributed by atoms with E-state index in [1.54, 1.807) is 0 Å². The molecule has 338 valence electrons. The van der Waals surface area contributed by atoms with Crippen LogP contribution in [0.4, 0.5) is 45.5 Å². The van der Waals surface area contributed by atoms with Crippen molar-refractivity contribution < 1.29 is 4.42 Å². The maximum Gasteiger partial charge on any atom is 0.297 e. The highest BCUT2D eigenvalue weighted by Gasteiger charge is 2.47. The normalized spacial score (nSPS) is 13.4. The third-order valence-electron chi connectivity index (χ3n) is 13.9. The number of para-hydroxylation sites is 2. The summed E-state index contributed by atoms with van der Waals surface area (Å²) in [5, 5.41) is 1.09. The number of rotatable bonds is 8. The SMILES string of the molecule is C=C(/C=C\C(=C)C(C)(C)C)N(c1ccc(C(C)(C)C)cc1)c1ccc2c(c1)N(c1ccccc1)c1cc(C)cc3c1B2c1oc2ccccc2c1N3c1cccc(-c2ccc(C(C)(C)C)cc2)c1. The van der Waals surface area contributed by atoms with Crippen LogP contribution in [0.2, 0.25) is 0 Å². The summed E-state index contributed by atoms with van der Waals surface area (Å²) in [5.41, 5.74) is 20.9. The molecule has 0 spiro atoms. The van der Waals surface area contributed by atoms with Crippen LogP contribution in [0.15, 0.2) is 199 Å². The molecule has 0 saturated carbocycles. The van der Waals surface area contributed by atoms with Gasteiger partial charge in [0.05, 0.1) is 11.3 Å². The Balaban J connectivity index is 1.19. The fraction of sp³-hybridized carbons (Fsp3) is 0.206. The van der Waals surface area contributed by atoms with E-state index in [2.05, 4.69) is 260 Å². The van der Waals surface area contributed by atoms with Gasteiger partial charge in [0.2, 0.25) is 0 Å². The van der Waals surface area contributed by atoms with Gasteiger partial charge in [-0.1, -0.05) is 166 Å². The molecule has 8 aromatic rings. The van der Waals surface area contributed by atoms with Crippen LogP contribution in [0.5, 0.6) is 0 Å². The molecular formula is C63H62BN3O. The van der Waals surface area contributed by atoms with Crippen LogP contribution in [0.3, 0.4) is 0 Å². The molecule has 2 aliphatic heterocycles. The van der Waals surface area contributed by atoms with Gasteiger partial charge in [0.15, 0.2) is 0 Å². The molecule has 0 aliphatic carbocycles. The van der Waals surface area contributed by atoms with Crippen LogP contribution in [-0.4, -0.2) is 6.71 Å². The highest BCUT2D eigenvalue weighted by Crippen LogP contribution is 2.48. The minimum Gasteiger partial charge on any atom is -0.468 e. The van der Waals surface area contributed by atoms with Crippen LogP contribution in [0.25, 0.3) is 22.1 Å². The van der Waals surface area contributed by atoms with E-state index in [0.717, 1.165) is 73.4 Å². The first-order chi connectivity index (χ1) is 32.4. The zero-order chi connectivity index (χ0) is 47.9. The summed E-state index contributed by atoms with van der Waals surface area (Å²) in [4.78, 5) is 7.20. The lowest BCUT2D eigenvalue weighted by Gasteiger charge is -2.43. The van der Waals surface area contributed by atoms with E-state index in [0.29, 0.717) is 0 Å². The van der Waals surface area contributed by atoms with Gasteiger partial charge in [0.25, 0.3) is 6.71 Å². The molecule has 7 aromatic carbocycles. The minimum absolute atomic E-state index is 0.0172. The molecule has 0 atom stereocenters. The van der Waals surface area contributed by atoms with Crippen molar-refractivity contribution in [2.24, 2.45) is 5.41 Å². The first-order valence-electron chi connectivity index (χ1n) is 24.0. The van der Waals surface area contributed by atoms with Gasteiger partial charge in [0, 0.05) is 50.9 Å². The van der Waals surface area contributed by atoms with E-state index < -0.39 is 0 Å². The molecule has 68 heavy (non-hydrogen) atoms. The second-order valence-electron chi connectivity index (χ2n) is 21.8. The maximum absolute atomic E-state index is 7.18. The predicted molar refractivity (Wildman–Crippen MR) is 293 cm³/mol. The Morgan fingerprint density at radius 1 is 0.559 bits per heavy atom. The number of furan rings is 1. The number of aryl methyl sites for hydroxylation is 1.